The number of hydrogen-bond donors (Lipinski definition) is 2. The zero-order valence-electron chi connectivity index (χ0n) is 16.3. The van der Waals surface area contributed by atoms with Crippen LogP contribution in [0.15, 0.2) is 41.8 Å². The van der Waals surface area contributed by atoms with E-state index in [1.54, 1.807) is 5.32 Å². The molecule has 2 rings (SSSR count). The first-order valence-corrected chi connectivity index (χ1v) is 10.5. The number of halogens is 3. The minimum absolute atomic E-state index is 0.0235. The van der Waals surface area contributed by atoms with Crippen LogP contribution in [-0.2, 0) is 14.8 Å². The maximum Gasteiger partial charge on any atom is 0.405 e. The molecular weight excluding hydrogens is 425 g/mol. The maximum atomic E-state index is 12.5. The molecule has 1 heterocycles. The van der Waals surface area contributed by atoms with Gasteiger partial charge in [-0.1, -0.05) is 6.08 Å². The number of alkyl halides is 3. The standard InChI is InChI=1S/C18H23F3N4O4S/c1-3-10-24(2)30(28,29)14-8-6-13(7-9-14)23-17(27)25-11-4-5-15(25)16(26)22-12-18(19,20)21/h3,6-9,15H,1,4-5,10-12H2,2H3,(H,22,26)(H,23,27). The summed E-state index contributed by atoms with van der Waals surface area (Å²) in [7, 11) is -2.30. The average Bonchev–Trinajstić information content (AvgIpc) is 3.16. The Morgan fingerprint density at radius 3 is 2.50 bits per heavy atom. The van der Waals surface area contributed by atoms with Gasteiger partial charge in [0.1, 0.15) is 12.6 Å². The van der Waals surface area contributed by atoms with E-state index in [2.05, 4.69) is 11.9 Å². The van der Waals surface area contributed by atoms with E-state index < -0.39 is 40.7 Å². The van der Waals surface area contributed by atoms with Gasteiger partial charge in [-0.25, -0.2) is 13.2 Å². The molecule has 0 aromatic heterocycles. The molecule has 1 fully saturated rings. The number of hydrogen-bond acceptors (Lipinski definition) is 4. The van der Waals surface area contributed by atoms with Crippen molar-refractivity contribution in [2.45, 2.75) is 30.0 Å². The van der Waals surface area contributed by atoms with Crippen LogP contribution in [0.4, 0.5) is 23.7 Å². The number of nitrogens with zero attached hydrogens (tertiary/aromatic N) is 2. The minimum atomic E-state index is -4.54. The Kier molecular flexibility index (Phi) is 7.48. The Morgan fingerprint density at radius 1 is 1.30 bits per heavy atom. The molecule has 8 nitrogen and oxygen atoms in total. The highest BCUT2D eigenvalue weighted by atomic mass is 32.2. The van der Waals surface area contributed by atoms with Crippen LogP contribution in [-0.4, -0.2) is 68.5 Å². The number of benzene rings is 1. The lowest BCUT2D eigenvalue weighted by atomic mass is 10.2. The SMILES string of the molecule is C=CCN(C)S(=O)(=O)c1ccc(NC(=O)N2CCCC2C(=O)NCC(F)(F)F)cc1. The van der Waals surface area contributed by atoms with Gasteiger partial charge in [-0.05, 0) is 37.1 Å². The van der Waals surface area contributed by atoms with E-state index in [0.29, 0.717) is 6.42 Å². The Balaban J connectivity index is 2.03. The first-order chi connectivity index (χ1) is 14.0. The topological polar surface area (TPSA) is 98.8 Å². The number of likely N-dealkylation sites (tertiary alicyclic amines) is 1. The predicted octanol–water partition coefficient (Wildman–Crippen LogP) is 2.17. The number of carbonyl (C=O) groups is 2. The third kappa shape index (κ3) is 5.95. The Morgan fingerprint density at radius 2 is 1.93 bits per heavy atom. The van der Waals surface area contributed by atoms with Gasteiger partial charge in [-0.15, -0.1) is 6.58 Å². The minimum Gasteiger partial charge on any atom is -0.345 e. The summed E-state index contributed by atoms with van der Waals surface area (Å²) in [5.74, 6) is -0.869. The summed E-state index contributed by atoms with van der Waals surface area (Å²) in [5, 5.41) is 4.33. The van der Waals surface area contributed by atoms with Crippen LogP contribution >= 0.6 is 0 Å². The quantitative estimate of drug-likeness (QED) is 0.625. The number of carbonyl (C=O) groups excluding carboxylic acids is 2. The second-order valence-corrected chi connectivity index (χ2v) is 8.76. The van der Waals surface area contributed by atoms with Gasteiger partial charge in [0.15, 0.2) is 0 Å². The molecule has 0 spiro atoms. The molecule has 0 saturated carbocycles. The molecule has 1 atom stereocenters. The molecule has 1 aromatic carbocycles. The Labute approximate surface area is 172 Å². The molecule has 1 aromatic rings. The summed E-state index contributed by atoms with van der Waals surface area (Å²) in [6, 6.07) is 3.77. The van der Waals surface area contributed by atoms with Crippen LogP contribution in [0.2, 0.25) is 0 Å². The van der Waals surface area contributed by atoms with Crippen LogP contribution in [0.5, 0.6) is 0 Å². The van der Waals surface area contributed by atoms with Crippen molar-refractivity contribution in [3.05, 3.63) is 36.9 Å². The van der Waals surface area contributed by atoms with E-state index in [4.69, 9.17) is 0 Å². The molecule has 1 saturated heterocycles. The maximum absolute atomic E-state index is 12.5. The molecule has 1 aliphatic rings. The van der Waals surface area contributed by atoms with Crippen molar-refractivity contribution in [3.63, 3.8) is 0 Å². The van der Waals surface area contributed by atoms with Gasteiger partial charge in [-0.3, -0.25) is 4.79 Å². The van der Waals surface area contributed by atoms with Gasteiger partial charge in [0, 0.05) is 25.8 Å². The zero-order chi connectivity index (χ0) is 22.5. The predicted molar refractivity (Wildman–Crippen MR) is 104 cm³/mol. The molecule has 166 valence electrons. The van der Waals surface area contributed by atoms with Crippen LogP contribution in [0.3, 0.4) is 0 Å². The van der Waals surface area contributed by atoms with Gasteiger partial charge >= 0.3 is 12.2 Å². The number of amides is 3. The Hall–Kier alpha value is -2.60. The lowest BCUT2D eigenvalue weighted by Gasteiger charge is -2.24. The number of anilines is 1. The fraction of sp³-hybridized carbons (Fsp3) is 0.444. The molecule has 1 aliphatic heterocycles. The van der Waals surface area contributed by atoms with Crippen molar-refractivity contribution in [1.29, 1.82) is 0 Å². The van der Waals surface area contributed by atoms with E-state index in [0.717, 1.165) is 9.21 Å². The van der Waals surface area contributed by atoms with Crippen molar-refractivity contribution < 1.29 is 31.2 Å². The molecule has 0 radical (unpaired) electrons. The summed E-state index contributed by atoms with van der Waals surface area (Å²) in [4.78, 5) is 25.7. The highest BCUT2D eigenvalue weighted by Gasteiger charge is 2.36. The third-order valence-corrected chi connectivity index (χ3v) is 6.32. The highest BCUT2D eigenvalue weighted by Crippen LogP contribution is 2.22. The van der Waals surface area contributed by atoms with E-state index in [1.807, 2.05) is 0 Å². The number of urea groups is 1. The van der Waals surface area contributed by atoms with Crippen LogP contribution in [0.25, 0.3) is 0 Å². The van der Waals surface area contributed by atoms with Crippen LogP contribution < -0.4 is 10.6 Å². The van der Waals surface area contributed by atoms with Crippen LogP contribution in [0, 0.1) is 0 Å². The van der Waals surface area contributed by atoms with Gasteiger partial charge in [0.05, 0.1) is 4.90 Å². The summed E-state index contributed by atoms with van der Waals surface area (Å²) in [5.41, 5.74) is 0.284. The van der Waals surface area contributed by atoms with Crippen molar-refractivity contribution in [1.82, 2.24) is 14.5 Å². The fourth-order valence-electron chi connectivity index (χ4n) is 2.95. The van der Waals surface area contributed by atoms with E-state index >= 15 is 0 Å². The van der Waals surface area contributed by atoms with Gasteiger partial charge in [0.25, 0.3) is 0 Å². The molecule has 12 heteroatoms. The lowest BCUT2D eigenvalue weighted by molar-refractivity contribution is -0.140. The second kappa shape index (κ2) is 9.47. The molecule has 0 aliphatic carbocycles. The van der Waals surface area contributed by atoms with Gasteiger partial charge in [-0.2, -0.15) is 17.5 Å². The van der Waals surface area contributed by atoms with Crippen molar-refractivity contribution >= 4 is 27.6 Å². The molecule has 1 unspecified atom stereocenters. The molecule has 2 N–H and O–H groups in total. The lowest BCUT2D eigenvalue weighted by Crippen LogP contribution is -2.49. The van der Waals surface area contributed by atoms with Crippen molar-refractivity contribution in [2.75, 3.05) is 32.0 Å². The average molecular weight is 448 g/mol. The zero-order valence-corrected chi connectivity index (χ0v) is 17.1. The largest absolute Gasteiger partial charge is 0.405 e. The number of sulfonamides is 1. The summed E-state index contributed by atoms with van der Waals surface area (Å²) in [6.07, 6.45) is -2.36. The first-order valence-electron chi connectivity index (χ1n) is 9.05. The third-order valence-electron chi connectivity index (χ3n) is 4.48. The molecule has 3 amide bonds. The summed E-state index contributed by atoms with van der Waals surface area (Å²) in [6.45, 7) is 2.38. The van der Waals surface area contributed by atoms with E-state index in [-0.39, 0.29) is 30.1 Å². The summed E-state index contributed by atoms with van der Waals surface area (Å²) >= 11 is 0. The van der Waals surface area contributed by atoms with Gasteiger partial charge < -0.3 is 15.5 Å². The molecule has 0 bridgehead atoms. The normalized spacial score (nSPS) is 17.1. The van der Waals surface area contributed by atoms with E-state index in [1.165, 1.54) is 37.4 Å². The Bertz CT molecular complexity index is 888. The molecule has 30 heavy (non-hydrogen) atoms. The first kappa shape index (κ1) is 23.7. The molecular formula is C18H23F3N4O4S. The van der Waals surface area contributed by atoms with Gasteiger partial charge in [0.2, 0.25) is 15.9 Å². The summed E-state index contributed by atoms with van der Waals surface area (Å²) < 4.78 is 62.8. The highest BCUT2D eigenvalue weighted by molar-refractivity contribution is 7.89. The number of likely N-dealkylation sites (N-methyl/N-ethyl adjacent to an activating group) is 1. The van der Waals surface area contributed by atoms with E-state index in [9.17, 15) is 31.2 Å². The van der Waals surface area contributed by atoms with Crippen molar-refractivity contribution in [2.24, 2.45) is 0 Å². The monoisotopic (exact) mass is 448 g/mol. The van der Waals surface area contributed by atoms with Crippen molar-refractivity contribution in [3.8, 4) is 0 Å². The van der Waals surface area contributed by atoms with Crippen LogP contribution in [0.1, 0.15) is 12.8 Å². The smallest absolute Gasteiger partial charge is 0.345 e. The number of rotatable bonds is 7. The number of nitrogens with one attached hydrogen (secondary N) is 2. The second-order valence-electron chi connectivity index (χ2n) is 6.71. The fourth-order valence-corrected chi connectivity index (χ4v) is 4.09.